The second-order valence-corrected chi connectivity index (χ2v) is 11.2. The van der Waals surface area contributed by atoms with Gasteiger partial charge in [-0.05, 0) is 29.3 Å². The molecule has 2 heterocycles. The van der Waals surface area contributed by atoms with Gasteiger partial charge in [0.2, 0.25) is 10.0 Å². The average molecular weight is 611 g/mol. The summed E-state index contributed by atoms with van der Waals surface area (Å²) in [6.45, 7) is 0.843. The number of ketones is 1. The molecule has 0 amide bonds. The third kappa shape index (κ3) is 6.60. The van der Waals surface area contributed by atoms with Gasteiger partial charge in [0.05, 0.1) is 36.9 Å². The van der Waals surface area contributed by atoms with Crippen LogP contribution in [0.4, 0.5) is 29.1 Å². The molecule has 0 atom stereocenters. The first kappa shape index (κ1) is 30.6. The maximum absolute atomic E-state index is 14.4. The minimum Gasteiger partial charge on any atom is -0.505 e. The largest absolute Gasteiger partial charge is 0.505 e. The van der Waals surface area contributed by atoms with Crippen molar-refractivity contribution in [2.24, 2.45) is 0 Å². The minimum atomic E-state index is -4.71. The first-order chi connectivity index (χ1) is 19.7. The van der Waals surface area contributed by atoms with E-state index in [0.29, 0.717) is 17.7 Å². The molecule has 0 fully saturated rings. The molecule has 0 spiro atoms. The first-order valence-electron chi connectivity index (χ1n) is 12.5. The number of alkyl halides is 3. The second kappa shape index (κ2) is 11.9. The van der Waals surface area contributed by atoms with Gasteiger partial charge >= 0.3 is 6.18 Å². The molecule has 0 aliphatic heterocycles. The monoisotopic (exact) mass is 610 g/mol. The Labute approximate surface area is 237 Å². The average Bonchev–Trinajstić information content (AvgIpc) is 3.35. The molecule has 11 nitrogen and oxygen atoms in total. The van der Waals surface area contributed by atoms with Gasteiger partial charge in [0, 0.05) is 18.5 Å². The van der Waals surface area contributed by atoms with Gasteiger partial charge in [-0.2, -0.15) is 18.3 Å². The predicted octanol–water partition coefficient (Wildman–Crippen LogP) is 3.93. The van der Waals surface area contributed by atoms with Gasteiger partial charge in [0.15, 0.2) is 28.8 Å². The summed E-state index contributed by atoms with van der Waals surface area (Å²) in [5.74, 6) is -2.96. The molecule has 0 saturated heterocycles. The van der Waals surface area contributed by atoms with E-state index in [0.717, 1.165) is 10.6 Å². The number of hydrogen-bond acceptors (Lipinski definition) is 9. The van der Waals surface area contributed by atoms with Gasteiger partial charge < -0.3 is 15.5 Å². The number of rotatable bonds is 11. The van der Waals surface area contributed by atoms with E-state index >= 15 is 0 Å². The zero-order valence-corrected chi connectivity index (χ0v) is 23.1. The number of aliphatic hydroxyl groups is 1. The Morgan fingerprint density at radius 1 is 1.14 bits per heavy atom. The Hall–Kier alpha value is -4.31. The molecular formula is C26H26F4N6O5S. The van der Waals surface area contributed by atoms with Crippen molar-refractivity contribution < 1.29 is 41.0 Å². The number of hydrogen-bond donors (Lipinski definition) is 4. The summed E-state index contributed by atoms with van der Waals surface area (Å²) in [7, 11) is -3.79. The Morgan fingerprint density at radius 2 is 1.86 bits per heavy atom. The fourth-order valence-corrected chi connectivity index (χ4v) is 5.31. The van der Waals surface area contributed by atoms with E-state index in [9.17, 15) is 41.0 Å². The van der Waals surface area contributed by atoms with E-state index in [2.05, 4.69) is 25.5 Å². The highest BCUT2D eigenvalue weighted by atomic mass is 32.2. The quantitative estimate of drug-likeness (QED) is 0.146. The number of phenols is 1. The molecule has 4 N–H and O–H groups in total. The normalized spacial score (nSPS) is 12.1. The zero-order valence-electron chi connectivity index (χ0n) is 22.3. The maximum Gasteiger partial charge on any atom is 0.393 e. The molecule has 0 saturated carbocycles. The number of halogens is 4. The van der Waals surface area contributed by atoms with Crippen LogP contribution in [-0.2, 0) is 23.0 Å². The molecule has 16 heteroatoms. The number of sulfonamides is 1. The summed E-state index contributed by atoms with van der Waals surface area (Å²) in [6.07, 6.45) is -5.16. The number of aromatic amines is 1. The van der Waals surface area contributed by atoms with E-state index in [1.807, 2.05) is 0 Å². The van der Waals surface area contributed by atoms with Crippen molar-refractivity contribution >= 4 is 38.3 Å². The maximum atomic E-state index is 14.4. The number of nitrogens with one attached hydrogen (secondary N) is 2. The number of H-pyrrole nitrogens is 1. The molecule has 2 aromatic carbocycles. The predicted molar refractivity (Wildman–Crippen MR) is 146 cm³/mol. The molecule has 4 rings (SSSR count). The summed E-state index contributed by atoms with van der Waals surface area (Å²) in [5, 5.41) is 28.9. The van der Waals surface area contributed by atoms with Crippen molar-refractivity contribution in [3.63, 3.8) is 0 Å². The van der Waals surface area contributed by atoms with Crippen LogP contribution in [0.3, 0.4) is 0 Å². The molecule has 0 aliphatic carbocycles. The number of carbonyl (C=O) groups is 1. The lowest BCUT2D eigenvalue weighted by Gasteiger charge is -2.24. The molecule has 42 heavy (non-hydrogen) atoms. The van der Waals surface area contributed by atoms with E-state index in [1.165, 1.54) is 6.07 Å². The number of Topliss-reactive ketones (excluding diaryl/α,β-unsaturated/α-hetero) is 1. The Bertz CT molecular complexity index is 1740. The fourth-order valence-electron chi connectivity index (χ4n) is 4.37. The molecule has 0 unspecified atom stereocenters. The number of fused-ring (bicyclic) bond motifs is 1. The molecular weight excluding hydrogens is 584 g/mol. The van der Waals surface area contributed by atoms with Gasteiger partial charge in [-0.15, -0.1) is 0 Å². The molecule has 0 radical (unpaired) electrons. The number of anilines is 2. The lowest BCUT2D eigenvalue weighted by Crippen LogP contribution is -2.33. The van der Waals surface area contributed by atoms with Crippen LogP contribution in [-0.4, -0.2) is 70.2 Å². The van der Waals surface area contributed by atoms with E-state index in [-0.39, 0.29) is 64.9 Å². The lowest BCUT2D eigenvalue weighted by molar-refractivity contribution is -0.127. The standard InChI is InChI=1S/C26H26F4N6O5S/c1-3-19(38)22-21-24(31-13-14-6-4-5-7-18(14)36(8-9-37)42(2,40)41)32-23(33-25(21)35-34-22)16-11-17(27)20(39)10-15(16)12-26(28,29)30/h4-7,10-11,37,39H,3,8-9,12-13H2,1-2H3,(H2,31,32,33,34,35). The van der Waals surface area contributed by atoms with Crippen molar-refractivity contribution in [3.8, 4) is 17.1 Å². The Balaban J connectivity index is 1.87. The smallest absolute Gasteiger partial charge is 0.393 e. The third-order valence-corrected chi connectivity index (χ3v) is 7.41. The lowest BCUT2D eigenvalue weighted by atomic mass is 10.0. The number of nitrogens with zero attached hydrogens (tertiary/aromatic N) is 4. The third-order valence-electron chi connectivity index (χ3n) is 6.23. The van der Waals surface area contributed by atoms with Crippen molar-refractivity contribution in [2.45, 2.75) is 32.5 Å². The number of aromatic hydroxyl groups is 1. The summed E-state index contributed by atoms with van der Waals surface area (Å²) >= 11 is 0. The summed E-state index contributed by atoms with van der Waals surface area (Å²) < 4.78 is 80.2. The number of carbonyl (C=O) groups excluding carboxylic acids is 1. The molecule has 2 aromatic heterocycles. The number of benzene rings is 2. The van der Waals surface area contributed by atoms with Crippen LogP contribution in [0, 0.1) is 5.82 Å². The number of aliphatic hydroxyl groups excluding tert-OH is 1. The van der Waals surface area contributed by atoms with E-state index in [4.69, 9.17) is 0 Å². The summed E-state index contributed by atoms with van der Waals surface area (Å²) in [5.41, 5.74) is -0.240. The highest BCUT2D eigenvalue weighted by molar-refractivity contribution is 7.92. The highest BCUT2D eigenvalue weighted by Gasteiger charge is 2.31. The molecule has 0 aliphatic rings. The van der Waals surface area contributed by atoms with Gasteiger partial charge in [-0.3, -0.25) is 14.2 Å². The first-order valence-corrected chi connectivity index (χ1v) is 14.4. The Morgan fingerprint density at radius 3 is 2.50 bits per heavy atom. The van der Waals surface area contributed by atoms with Gasteiger partial charge in [0.25, 0.3) is 0 Å². The summed E-state index contributed by atoms with van der Waals surface area (Å²) in [4.78, 5) is 21.2. The Kier molecular flexibility index (Phi) is 8.68. The van der Waals surface area contributed by atoms with Crippen LogP contribution < -0.4 is 9.62 Å². The van der Waals surface area contributed by atoms with Crippen LogP contribution in [0.5, 0.6) is 5.75 Å². The number of phenolic OH excluding ortho intramolecular Hbond substituents is 1. The molecule has 4 aromatic rings. The molecule has 224 valence electrons. The van der Waals surface area contributed by atoms with E-state index in [1.54, 1.807) is 25.1 Å². The van der Waals surface area contributed by atoms with Crippen molar-refractivity contribution in [1.29, 1.82) is 0 Å². The van der Waals surface area contributed by atoms with Crippen molar-refractivity contribution in [2.75, 3.05) is 29.0 Å². The summed E-state index contributed by atoms with van der Waals surface area (Å²) in [6, 6.07) is 7.72. The fraction of sp³-hybridized carbons (Fsp3) is 0.308. The van der Waals surface area contributed by atoms with Crippen LogP contribution in [0.1, 0.15) is 35.0 Å². The van der Waals surface area contributed by atoms with Crippen LogP contribution in [0.15, 0.2) is 36.4 Å². The topological polar surface area (TPSA) is 161 Å². The van der Waals surface area contributed by atoms with Gasteiger partial charge in [-0.25, -0.2) is 22.8 Å². The van der Waals surface area contributed by atoms with Gasteiger partial charge in [-0.1, -0.05) is 25.1 Å². The van der Waals surface area contributed by atoms with Crippen LogP contribution in [0.2, 0.25) is 0 Å². The second-order valence-electron chi connectivity index (χ2n) is 9.26. The SMILES string of the molecule is CCC(=O)c1[nH]nc2nc(-c3cc(F)c(O)cc3CC(F)(F)F)nc(NCc3ccccc3N(CCO)S(C)(=O)=O)c12. The highest BCUT2D eigenvalue weighted by Crippen LogP contribution is 2.35. The van der Waals surface area contributed by atoms with Crippen molar-refractivity contribution in [3.05, 3.63) is 59.0 Å². The number of para-hydroxylation sites is 1. The number of aromatic nitrogens is 4. The minimum absolute atomic E-state index is 0.0280. The van der Waals surface area contributed by atoms with Crippen molar-refractivity contribution in [1.82, 2.24) is 20.2 Å². The van der Waals surface area contributed by atoms with Crippen LogP contribution in [0.25, 0.3) is 22.4 Å². The zero-order chi connectivity index (χ0) is 30.8. The molecule has 0 bridgehead atoms. The van der Waals surface area contributed by atoms with E-state index < -0.39 is 46.4 Å². The van der Waals surface area contributed by atoms with Gasteiger partial charge in [0.1, 0.15) is 11.5 Å². The van der Waals surface area contributed by atoms with Crippen LogP contribution >= 0.6 is 0 Å².